The van der Waals surface area contributed by atoms with Crippen molar-refractivity contribution in [2.24, 2.45) is 0 Å². The van der Waals surface area contributed by atoms with Crippen LogP contribution in [0.4, 0.5) is 4.39 Å². The van der Waals surface area contributed by atoms with E-state index in [-0.39, 0.29) is 5.02 Å². The van der Waals surface area contributed by atoms with E-state index in [2.05, 4.69) is 21.2 Å². The summed E-state index contributed by atoms with van der Waals surface area (Å²) in [6.07, 6.45) is 0. The largest absolute Gasteiger partial charge is 0.456 e. The van der Waals surface area contributed by atoms with Crippen LogP contribution in [0.15, 0.2) is 34.8 Å². The molecule has 106 valence electrons. The van der Waals surface area contributed by atoms with Crippen molar-refractivity contribution in [3.8, 4) is 11.5 Å². The van der Waals surface area contributed by atoms with Crippen LogP contribution in [-0.2, 0) is 6.54 Å². The molecular weight excluding hydrogens is 345 g/mol. The molecule has 0 heterocycles. The lowest BCUT2D eigenvalue weighted by atomic mass is 10.1. The zero-order valence-corrected chi connectivity index (χ0v) is 13.5. The predicted octanol–water partition coefficient (Wildman–Crippen LogP) is 5.06. The van der Waals surface area contributed by atoms with E-state index in [1.165, 1.54) is 12.1 Å². The zero-order valence-electron chi connectivity index (χ0n) is 11.1. The first kappa shape index (κ1) is 15.3. The quantitative estimate of drug-likeness (QED) is 0.771. The second-order valence-corrected chi connectivity index (χ2v) is 5.69. The van der Waals surface area contributed by atoms with Crippen LogP contribution in [0.1, 0.15) is 11.1 Å². The van der Waals surface area contributed by atoms with E-state index in [1.54, 1.807) is 0 Å². The molecule has 0 fully saturated rings. The third-order valence-corrected chi connectivity index (χ3v) is 3.74. The molecule has 2 aromatic carbocycles. The predicted molar refractivity (Wildman–Crippen MR) is 83.1 cm³/mol. The van der Waals surface area contributed by atoms with Crippen molar-refractivity contribution < 1.29 is 9.13 Å². The highest BCUT2D eigenvalue weighted by atomic mass is 79.9. The number of nitrogens with one attached hydrogen (secondary N) is 1. The number of aryl methyl sites for hydroxylation is 1. The Kier molecular flexibility index (Phi) is 5.02. The van der Waals surface area contributed by atoms with Crippen molar-refractivity contribution in [1.82, 2.24) is 5.32 Å². The normalized spacial score (nSPS) is 10.7. The fraction of sp³-hybridized carbons (Fsp3) is 0.200. The molecule has 0 amide bonds. The van der Waals surface area contributed by atoms with Crippen molar-refractivity contribution in [1.29, 1.82) is 0 Å². The number of ether oxygens (including phenoxy) is 1. The van der Waals surface area contributed by atoms with E-state index < -0.39 is 5.82 Å². The Morgan fingerprint density at radius 3 is 2.70 bits per heavy atom. The van der Waals surface area contributed by atoms with E-state index in [1.807, 2.05) is 32.2 Å². The molecule has 5 heteroatoms. The van der Waals surface area contributed by atoms with Gasteiger partial charge in [0, 0.05) is 12.6 Å². The van der Waals surface area contributed by atoms with E-state index in [9.17, 15) is 4.39 Å². The summed E-state index contributed by atoms with van der Waals surface area (Å²) in [4.78, 5) is 0. The highest BCUT2D eigenvalue weighted by Crippen LogP contribution is 2.35. The monoisotopic (exact) mass is 357 g/mol. The van der Waals surface area contributed by atoms with E-state index in [4.69, 9.17) is 16.3 Å². The summed E-state index contributed by atoms with van der Waals surface area (Å²) in [5, 5.41) is 3.14. The summed E-state index contributed by atoms with van der Waals surface area (Å²) in [7, 11) is 1.88. The highest BCUT2D eigenvalue weighted by molar-refractivity contribution is 9.10. The molecular formula is C15H14BrClFNO. The van der Waals surface area contributed by atoms with Crippen molar-refractivity contribution in [2.75, 3.05) is 7.05 Å². The number of rotatable bonds is 4. The van der Waals surface area contributed by atoms with Crippen molar-refractivity contribution >= 4 is 27.5 Å². The van der Waals surface area contributed by atoms with Gasteiger partial charge in [0.15, 0.2) is 0 Å². The topological polar surface area (TPSA) is 21.3 Å². The molecule has 0 radical (unpaired) electrons. The maximum absolute atomic E-state index is 13.5. The molecule has 2 rings (SSSR count). The van der Waals surface area contributed by atoms with Crippen LogP contribution in [0.25, 0.3) is 0 Å². The summed E-state index contributed by atoms with van der Waals surface area (Å²) in [5.41, 5.74) is 2.07. The second-order valence-electron chi connectivity index (χ2n) is 4.43. The molecule has 0 aliphatic carbocycles. The molecule has 0 saturated heterocycles. The summed E-state index contributed by atoms with van der Waals surface area (Å²) < 4.78 is 19.9. The number of benzene rings is 2. The van der Waals surface area contributed by atoms with E-state index in [0.717, 1.165) is 17.7 Å². The fourth-order valence-corrected chi connectivity index (χ4v) is 2.49. The minimum absolute atomic E-state index is 0.0601. The van der Waals surface area contributed by atoms with Crippen molar-refractivity contribution in [2.45, 2.75) is 13.5 Å². The lowest BCUT2D eigenvalue weighted by Crippen LogP contribution is -2.05. The first-order valence-electron chi connectivity index (χ1n) is 6.08. The molecule has 0 aromatic heterocycles. The van der Waals surface area contributed by atoms with Crippen LogP contribution in [0.5, 0.6) is 11.5 Å². The Morgan fingerprint density at radius 1 is 1.25 bits per heavy atom. The lowest BCUT2D eigenvalue weighted by molar-refractivity contribution is 0.469. The smallest absolute Gasteiger partial charge is 0.145 e. The van der Waals surface area contributed by atoms with Gasteiger partial charge >= 0.3 is 0 Å². The summed E-state index contributed by atoms with van der Waals surface area (Å²) in [6.45, 7) is 2.69. The van der Waals surface area contributed by atoms with Gasteiger partial charge in [-0.2, -0.15) is 0 Å². The van der Waals surface area contributed by atoms with Gasteiger partial charge in [0.05, 0.1) is 9.50 Å². The minimum atomic E-state index is -0.506. The Hall–Kier alpha value is -1.10. The number of hydrogen-bond donors (Lipinski definition) is 1. The summed E-state index contributed by atoms with van der Waals surface area (Å²) >= 11 is 9.04. The van der Waals surface area contributed by atoms with Gasteiger partial charge in [-0.05, 0) is 53.2 Å². The van der Waals surface area contributed by atoms with Gasteiger partial charge in [0.25, 0.3) is 0 Å². The van der Waals surface area contributed by atoms with Crippen molar-refractivity contribution in [3.05, 3.63) is 56.8 Å². The Bertz CT molecular complexity index is 634. The average Bonchev–Trinajstić information content (AvgIpc) is 2.40. The molecule has 0 bridgehead atoms. The van der Waals surface area contributed by atoms with Gasteiger partial charge < -0.3 is 10.1 Å². The van der Waals surface area contributed by atoms with Crippen LogP contribution in [0.3, 0.4) is 0 Å². The molecule has 0 aliphatic heterocycles. The number of halogens is 3. The molecule has 0 unspecified atom stereocenters. The fourth-order valence-electron chi connectivity index (χ4n) is 1.77. The van der Waals surface area contributed by atoms with Crippen molar-refractivity contribution in [3.63, 3.8) is 0 Å². The van der Waals surface area contributed by atoms with Gasteiger partial charge in [0.2, 0.25) is 0 Å². The van der Waals surface area contributed by atoms with Crippen LogP contribution in [-0.4, -0.2) is 7.05 Å². The molecule has 0 saturated carbocycles. The van der Waals surface area contributed by atoms with E-state index in [0.29, 0.717) is 16.0 Å². The minimum Gasteiger partial charge on any atom is -0.456 e. The van der Waals surface area contributed by atoms with Crippen LogP contribution in [0.2, 0.25) is 5.02 Å². The maximum atomic E-state index is 13.5. The SMILES string of the molecule is CNCc1ccc(C)c(Oc2cc(F)c(Cl)cc2Br)c1. The maximum Gasteiger partial charge on any atom is 0.145 e. The molecule has 1 N–H and O–H groups in total. The third-order valence-electron chi connectivity index (χ3n) is 2.83. The molecule has 0 atom stereocenters. The van der Waals surface area contributed by atoms with Gasteiger partial charge in [-0.15, -0.1) is 0 Å². The molecule has 2 nitrogen and oxygen atoms in total. The Balaban J connectivity index is 2.34. The van der Waals surface area contributed by atoms with Crippen LogP contribution < -0.4 is 10.1 Å². The van der Waals surface area contributed by atoms with Gasteiger partial charge in [-0.1, -0.05) is 23.7 Å². The first-order valence-corrected chi connectivity index (χ1v) is 7.25. The first-order chi connectivity index (χ1) is 9.51. The van der Waals surface area contributed by atoms with Gasteiger partial charge in [0.1, 0.15) is 17.3 Å². The van der Waals surface area contributed by atoms with Crippen LogP contribution in [0, 0.1) is 12.7 Å². The molecule has 0 spiro atoms. The summed E-state index contributed by atoms with van der Waals surface area (Å²) in [5.74, 6) is 0.589. The van der Waals surface area contributed by atoms with E-state index >= 15 is 0 Å². The standard InChI is InChI=1S/C15H14BrClFNO/c1-9-3-4-10(8-19-2)5-14(9)20-15-7-13(18)12(17)6-11(15)16/h3-7,19H,8H2,1-2H3. The Morgan fingerprint density at radius 2 is 2.00 bits per heavy atom. The zero-order chi connectivity index (χ0) is 14.7. The summed E-state index contributed by atoms with van der Waals surface area (Å²) in [6, 6.07) is 8.69. The van der Waals surface area contributed by atoms with Gasteiger partial charge in [-0.3, -0.25) is 0 Å². The van der Waals surface area contributed by atoms with Gasteiger partial charge in [-0.25, -0.2) is 4.39 Å². The lowest BCUT2D eigenvalue weighted by Gasteiger charge is -2.12. The average molecular weight is 359 g/mol. The molecule has 20 heavy (non-hydrogen) atoms. The second kappa shape index (κ2) is 6.57. The number of hydrogen-bond acceptors (Lipinski definition) is 2. The van der Waals surface area contributed by atoms with Crippen LogP contribution >= 0.6 is 27.5 Å². The molecule has 2 aromatic rings. The highest BCUT2D eigenvalue weighted by Gasteiger charge is 2.10. The Labute approximate surface area is 131 Å². The third kappa shape index (κ3) is 3.51. The molecule has 0 aliphatic rings.